The van der Waals surface area contributed by atoms with E-state index in [4.69, 9.17) is 14.6 Å². The Morgan fingerprint density at radius 3 is 2.42 bits per heavy atom. The maximum Gasteiger partial charge on any atom is 0.264 e. The molecule has 1 aromatic carbocycles. The number of hydrogen-bond donors (Lipinski definition) is 1. The van der Waals surface area contributed by atoms with Crippen LogP contribution >= 0.6 is 0 Å². The first-order chi connectivity index (χ1) is 26.1. The van der Waals surface area contributed by atoms with E-state index in [-0.39, 0.29) is 53.9 Å². The molecule has 6 rings (SSSR count). The largest absolute Gasteiger partial charge is 0.497 e. The maximum absolute atomic E-state index is 14.5. The normalized spacial score (nSPS) is 24.1. The van der Waals surface area contributed by atoms with Gasteiger partial charge in [-0.2, -0.15) is 5.10 Å². The third-order valence-electron chi connectivity index (χ3n) is 10.7. The number of carbonyl (C=O) groups excluding carboxylic acids is 2. The molecule has 4 heterocycles. The Morgan fingerprint density at radius 2 is 1.76 bits per heavy atom. The number of sulfonamides is 1. The summed E-state index contributed by atoms with van der Waals surface area (Å²) in [5, 5.41) is 4.80. The van der Waals surface area contributed by atoms with Gasteiger partial charge in [-0.15, -0.1) is 0 Å². The monoisotopic (exact) mass is 771 g/mol. The lowest BCUT2D eigenvalue weighted by Gasteiger charge is -2.35. The van der Waals surface area contributed by atoms with Gasteiger partial charge in [0.15, 0.2) is 0 Å². The molecule has 0 unspecified atom stereocenters. The molecule has 4 aliphatic rings. The molecule has 55 heavy (non-hydrogen) atoms. The standard InChI is InChI=1S/C43H57N5O6S/c1-27(2)26-55(51,52)45-42(49)33-15-14-29(5)39(32-12-10-9-11-13-32)41-37-17-16-36(53-8)21-34(37)20-35(25-46(41)19-18-33)40-38(22-44-48(40)28(3)4)43(50)47-23-30(6)54-31(7)24-47/h14-18,20-22,27-28,30-32H,5,9-13,19,23-26H2,1-4,6-8H3,(H,45,49)/b15-14-,33-18+,41-39+/t30-,31+. The highest BCUT2D eigenvalue weighted by Gasteiger charge is 2.35. The minimum Gasteiger partial charge on any atom is -0.497 e. The molecule has 0 bridgehead atoms. The number of fused-ring (bicyclic) bond motifs is 3. The summed E-state index contributed by atoms with van der Waals surface area (Å²) >= 11 is 0. The Bertz CT molecular complexity index is 2040. The second-order valence-corrected chi connectivity index (χ2v) is 17.9. The van der Waals surface area contributed by atoms with Crippen LogP contribution in [0.1, 0.15) is 107 Å². The number of benzene rings is 1. The SMILES string of the molecule is C=C1/C=C\C(C(=O)NS(=O)(=O)CC(C)C)=C/CN2CC(c3c(C(=O)N4C[C@@H](C)O[C@@H](C)C4)cnn3C(C)C)=Cc3cc(OC)ccc3/C2=C/1C1CCCCC1. The van der Waals surface area contributed by atoms with Crippen LogP contribution in [0.25, 0.3) is 17.3 Å². The predicted molar refractivity (Wildman–Crippen MR) is 218 cm³/mol. The third-order valence-corrected chi connectivity index (χ3v) is 12.3. The van der Waals surface area contributed by atoms with Gasteiger partial charge >= 0.3 is 0 Å². The number of morpholine rings is 1. The first kappa shape index (κ1) is 40.2. The van der Waals surface area contributed by atoms with Gasteiger partial charge in [0.25, 0.3) is 11.8 Å². The van der Waals surface area contributed by atoms with Gasteiger partial charge in [-0.05, 0) is 105 Å². The molecule has 1 saturated carbocycles. The molecule has 2 amide bonds. The van der Waals surface area contributed by atoms with Crippen molar-refractivity contribution in [3.05, 3.63) is 88.3 Å². The van der Waals surface area contributed by atoms with Gasteiger partial charge < -0.3 is 19.3 Å². The molecule has 11 nitrogen and oxygen atoms in total. The highest BCUT2D eigenvalue weighted by molar-refractivity contribution is 7.90. The molecular weight excluding hydrogens is 715 g/mol. The summed E-state index contributed by atoms with van der Waals surface area (Å²) < 4.78 is 41.8. The summed E-state index contributed by atoms with van der Waals surface area (Å²) in [5.74, 6) is -0.147. The highest BCUT2D eigenvalue weighted by atomic mass is 32.2. The van der Waals surface area contributed by atoms with E-state index in [1.54, 1.807) is 39.3 Å². The van der Waals surface area contributed by atoms with Crippen molar-refractivity contribution in [2.24, 2.45) is 11.8 Å². The lowest BCUT2D eigenvalue weighted by atomic mass is 9.78. The van der Waals surface area contributed by atoms with Gasteiger partial charge in [0.1, 0.15) is 5.75 Å². The van der Waals surface area contributed by atoms with Crippen molar-refractivity contribution in [2.45, 2.75) is 91.9 Å². The zero-order valence-electron chi connectivity index (χ0n) is 33.4. The van der Waals surface area contributed by atoms with E-state index in [0.29, 0.717) is 30.9 Å². The Kier molecular flexibility index (Phi) is 12.3. The van der Waals surface area contributed by atoms with E-state index in [1.807, 2.05) is 41.6 Å². The van der Waals surface area contributed by atoms with E-state index in [2.05, 4.69) is 42.2 Å². The average molecular weight is 772 g/mol. The smallest absolute Gasteiger partial charge is 0.264 e. The summed E-state index contributed by atoms with van der Waals surface area (Å²) in [4.78, 5) is 32.3. The molecule has 2 aromatic rings. The van der Waals surface area contributed by atoms with Crippen LogP contribution in [0.5, 0.6) is 5.75 Å². The number of ether oxygens (including phenoxy) is 2. The summed E-state index contributed by atoms with van der Waals surface area (Å²) in [6.45, 7) is 17.9. The Hall–Kier alpha value is -4.42. The van der Waals surface area contributed by atoms with Gasteiger partial charge in [0.2, 0.25) is 10.0 Å². The minimum absolute atomic E-state index is 0.0525. The van der Waals surface area contributed by atoms with Crippen LogP contribution < -0.4 is 9.46 Å². The lowest BCUT2D eigenvalue weighted by Crippen LogP contribution is -2.48. The van der Waals surface area contributed by atoms with E-state index >= 15 is 0 Å². The van der Waals surface area contributed by atoms with E-state index in [0.717, 1.165) is 64.9 Å². The number of carbonyl (C=O) groups is 2. The number of methoxy groups -OCH3 is 1. The molecular formula is C43H57N5O6S. The molecule has 1 aromatic heterocycles. The number of hydrogen-bond acceptors (Lipinski definition) is 8. The van der Waals surface area contributed by atoms with Gasteiger partial charge in [-0.3, -0.25) is 14.3 Å². The van der Waals surface area contributed by atoms with Crippen LogP contribution in [-0.2, 0) is 19.6 Å². The number of aromatic nitrogens is 2. The van der Waals surface area contributed by atoms with Crippen molar-refractivity contribution in [2.75, 3.05) is 39.0 Å². The minimum atomic E-state index is -3.85. The van der Waals surface area contributed by atoms with E-state index in [9.17, 15) is 18.0 Å². The summed E-state index contributed by atoms with van der Waals surface area (Å²) in [6, 6.07) is 6.04. The van der Waals surface area contributed by atoms with Crippen LogP contribution in [-0.4, -0.2) is 91.1 Å². The second-order valence-electron chi connectivity index (χ2n) is 16.1. The average Bonchev–Trinajstić information content (AvgIpc) is 3.53. The number of rotatable bonds is 9. The van der Waals surface area contributed by atoms with Crippen molar-refractivity contribution in [1.29, 1.82) is 0 Å². The Balaban J connectivity index is 1.54. The first-order valence-corrected chi connectivity index (χ1v) is 21.3. The van der Waals surface area contributed by atoms with E-state index in [1.165, 1.54) is 6.42 Å². The fraction of sp³-hybridized carbons (Fsp3) is 0.512. The molecule has 0 spiro atoms. The number of nitrogens with one attached hydrogen (secondary N) is 1. The van der Waals surface area contributed by atoms with Crippen LogP contribution in [0, 0.1) is 11.8 Å². The fourth-order valence-electron chi connectivity index (χ4n) is 8.45. The van der Waals surface area contributed by atoms with Gasteiger partial charge in [0, 0.05) is 49.1 Å². The highest BCUT2D eigenvalue weighted by Crippen LogP contribution is 2.44. The predicted octanol–water partition coefficient (Wildman–Crippen LogP) is 7.02. The van der Waals surface area contributed by atoms with Crippen molar-refractivity contribution in [3.8, 4) is 5.75 Å². The van der Waals surface area contributed by atoms with Crippen molar-refractivity contribution in [3.63, 3.8) is 0 Å². The lowest BCUT2D eigenvalue weighted by molar-refractivity contribution is -0.115. The fourth-order valence-corrected chi connectivity index (χ4v) is 9.82. The zero-order valence-corrected chi connectivity index (χ0v) is 34.2. The van der Waals surface area contributed by atoms with Gasteiger partial charge in [-0.25, -0.2) is 13.1 Å². The van der Waals surface area contributed by atoms with Crippen LogP contribution in [0.4, 0.5) is 0 Å². The topological polar surface area (TPSA) is 123 Å². The number of allylic oxidation sites excluding steroid dienone is 3. The van der Waals surface area contributed by atoms with Crippen LogP contribution in [0.15, 0.2) is 65.9 Å². The van der Waals surface area contributed by atoms with Crippen LogP contribution in [0.3, 0.4) is 0 Å². The molecule has 296 valence electrons. The van der Waals surface area contributed by atoms with Gasteiger partial charge in [-0.1, -0.05) is 51.8 Å². The number of nitrogens with zero attached hydrogens (tertiary/aromatic N) is 4. The Morgan fingerprint density at radius 1 is 1.05 bits per heavy atom. The third kappa shape index (κ3) is 9.02. The maximum atomic E-state index is 14.5. The molecule has 2 fully saturated rings. The molecule has 1 aliphatic carbocycles. The molecule has 2 atom stereocenters. The first-order valence-electron chi connectivity index (χ1n) is 19.7. The zero-order chi connectivity index (χ0) is 39.6. The molecule has 0 radical (unpaired) electrons. The van der Waals surface area contributed by atoms with Gasteiger partial charge in [0.05, 0.1) is 42.5 Å². The quantitative estimate of drug-likeness (QED) is 0.289. The summed E-state index contributed by atoms with van der Waals surface area (Å²) in [5.41, 5.74) is 7.20. The van der Waals surface area contributed by atoms with Crippen molar-refractivity contribution < 1.29 is 27.5 Å². The molecule has 3 aliphatic heterocycles. The number of amides is 2. The van der Waals surface area contributed by atoms with Crippen molar-refractivity contribution >= 4 is 39.2 Å². The summed E-state index contributed by atoms with van der Waals surface area (Å²) in [7, 11) is -2.20. The molecule has 12 heteroatoms. The van der Waals surface area contributed by atoms with Crippen LogP contribution in [0.2, 0.25) is 0 Å². The molecule has 1 N–H and O–H groups in total. The summed E-state index contributed by atoms with van der Waals surface area (Å²) in [6.07, 6.45) is 14.4. The molecule has 1 saturated heterocycles. The van der Waals surface area contributed by atoms with Crippen molar-refractivity contribution in [1.82, 2.24) is 24.3 Å². The Labute approximate surface area is 326 Å². The van der Waals surface area contributed by atoms with E-state index < -0.39 is 15.9 Å². The second kappa shape index (κ2) is 16.8.